The summed E-state index contributed by atoms with van der Waals surface area (Å²) in [5, 5.41) is 10.5. The highest BCUT2D eigenvalue weighted by Gasteiger charge is 2.05. The van der Waals surface area contributed by atoms with Gasteiger partial charge in [-0.1, -0.05) is 27.7 Å². The summed E-state index contributed by atoms with van der Waals surface area (Å²) in [5.74, 6) is -1.24. The zero-order valence-corrected chi connectivity index (χ0v) is 9.97. The van der Waals surface area contributed by atoms with E-state index in [1.165, 1.54) is 0 Å². The van der Waals surface area contributed by atoms with Crippen LogP contribution in [0.1, 0.15) is 0 Å². The molecule has 0 aromatic heterocycles. The van der Waals surface area contributed by atoms with E-state index in [9.17, 15) is 9.59 Å². The van der Waals surface area contributed by atoms with Crippen LogP contribution >= 0.6 is 27.7 Å². The van der Waals surface area contributed by atoms with Crippen molar-refractivity contribution in [2.75, 3.05) is 11.1 Å². The molecule has 0 saturated heterocycles. The SMILES string of the molecule is O=C(O)CSC(=O)Nc1ccc(Br)cc1. The first-order valence-electron chi connectivity index (χ1n) is 3.99. The Morgan fingerprint density at radius 1 is 1.33 bits per heavy atom. The first-order chi connectivity index (χ1) is 7.08. The topological polar surface area (TPSA) is 66.4 Å². The molecule has 1 rings (SSSR count). The number of carboxylic acid groups (broad SMARTS) is 1. The molecule has 80 valence electrons. The zero-order chi connectivity index (χ0) is 11.3. The highest BCUT2D eigenvalue weighted by atomic mass is 79.9. The van der Waals surface area contributed by atoms with Crippen molar-refractivity contribution in [3.63, 3.8) is 0 Å². The Balaban J connectivity index is 2.44. The van der Waals surface area contributed by atoms with E-state index in [0.717, 1.165) is 16.2 Å². The largest absolute Gasteiger partial charge is 0.481 e. The molecule has 0 aliphatic carbocycles. The summed E-state index contributed by atoms with van der Waals surface area (Å²) in [4.78, 5) is 21.4. The summed E-state index contributed by atoms with van der Waals surface area (Å²) in [7, 11) is 0. The van der Waals surface area contributed by atoms with Crippen LogP contribution in [-0.4, -0.2) is 22.1 Å². The maximum atomic E-state index is 11.2. The fourth-order valence-electron chi connectivity index (χ4n) is 0.814. The number of halogens is 1. The molecular formula is C9H8BrNO3S. The molecule has 4 nitrogen and oxygen atoms in total. The van der Waals surface area contributed by atoms with Crippen LogP contribution in [0, 0.1) is 0 Å². The lowest BCUT2D eigenvalue weighted by Gasteiger charge is -2.03. The third kappa shape index (κ3) is 4.85. The van der Waals surface area contributed by atoms with Crippen LogP contribution < -0.4 is 5.32 Å². The molecule has 0 saturated carbocycles. The van der Waals surface area contributed by atoms with Gasteiger partial charge >= 0.3 is 5.97 Å². The molecule has 0 radical (unpaired) electrons. The fraction of sp³-hybridized carbons (Fsp3) is 0.111. The monoisotopic (exact) mass is 289 g/mol. The molecule has 6 heteroatoms. The summed E-state index contributed by atoms with van der Waals surface area (Å²) in [5.41, 5.74) is 0.640. The Morgan fingerprint density at radius 3 is 2.47 bits per heavy atom. The van der Waals surface area contributed by atoms with Gasteiger partial charge in [0.1, 0.15) is 5.75 Å². The molecule has 0 aliphatic heterocycles. The molecule has 1 amide bonds. The van der Waals surface area contributed by atoms with Crippen molar-refractivity contribution >= 4 is 44.6 Å². The van der Waals surface area contributed by atoms with Crippen LogP contribution in [0.3, 0.4) is 0 Å². The molecule has 1 aromatic carbocycles. The van der Waals surface area contributed by atoms with E-state index in [1.54, 1.807) is 24.3 Å². The zero-order valence-electron chi connectivity index (χ0n) is 7.57. The van der Waals surface area contributed by atoms with Gasteiger partial charge < -0.3 is 10.4 Å². The van der Waals surface area contributed by atoms with Gasteiger partial charge in [-0.2, -0.15) is 0 Å². The smallest absolute Gasteiger partial charge is 0.314 e. The van der Waals surface area contributed by atoms with Gasteiger partial charge in [-0.3, -0.25) is 9.59 Å². The number of rotatable bonds is 3. The Labute approximate surface area is 99.2 Å². The number of carbonyl (C=O) groups excluding carboxylic acids is 1. The Morgan fingerprint density at radius 2 is 1.93 bits per heavy atom. The van der Waals surface area contributed by atoms with Crippen LogP contribution in [0.5, 0.6) is 0 Å². The summed E-state index contributed by atoms with van der Waals surface area (Å²) < 4.78 is 0.915. The number of nitrogens with one attached hydrogen (secondary N) is 1. The van der Waals surface area contributed by atoms with Gasteiger partial charge in [0.05, 0.1) is 0 Å². The average molecular weight is 290 g/mol. The third-order valence-corrected chi connectivity index (χ3v) is 2.70. The second-order valence-electron chi connectivity index (χ2n) is 2.60. The fourth-order valence-corrected chi connectivity index (χ4v) is 1.52. The number of carboxylic acids is 1. The number of thioether (sulfide) groups is 1. The van der Waals surface area contributed by atoms with Gasteiger partial charge in [0.25, 0.3) is 5.24 Å². The highest BCUT2D eigenvalue weighted by Crippen LogP contribution is 2.15. The van der Waals surface area contributed by atoms with E-state index in [4.69, 9.17) is 5.11 Å². The maximum Gasteiger partial charge on any atom is 0.314 e. The number of amides is 1. The summed E-state index contributed by atoms with van der Waals surface area (Å²) in [6.45, 7) is 0. The van der Waals surface area contributed by atoms with E-state index in [2.05, 4.69) is 21.2 Å². The van der Waals surface area contributed by atoms with E-state index in [1.807, 2.05) is 0 Å². The number of aliphatic carboxylic acids is 1. The normalized spacial score (nSPS) is 9.67. The van der Waals surface area contributed by atoms with E-state index >= 15 is 0 Å². The molecule has 15 heavy (non-hydrogen) atoms. The van der Waals surface area contributed by atoms with Crippen LogP contribution in [0.25, 0.3) is 0 Å². The summed E-state index contributed by atoms with van der Waals surface area (Å²) in [6, 6.07) is 7.03. The minimum absolute atomic E-state index is 0.234. The highest BCUT2D eigenvalue weighted by molar-refractivity contribution is 9.10. The Kier molecular flexibility index (Phi) is 4.64. The summed E-state index contributed by atoms with van der Waals surface area (Å²) >= 11 is 3.99. The average Bonchev–Trinajstić information content (AvgIpc) is 2.19. The molecule has 0 fully saturated rings. The number of hydrogen-bond donors (Lipinski definition) is 2. The molecule has 1 aromatic rings. The van der Waals surface area contributed by atoms with Crippen LogP contribution in [0.2, 0.25) is 0 Å². The molecular weight excluding hydrogens is 282 g/mol. The van der Waals surface area contributed by atoms with Gasteiger partial charge in [-0.05, 0) is 24.3 Å². The molecule has 0 bridgehead atoms. The maximum absolute atomic E-state index is 11.2. The van der Waals surface area contributed by atoms with E-state index in [-0.39, 0.29) is 11.0 Å². The predicted octanol–water partition coefficient (Wildman–Crippen LogP) is 2.80. The van der Waals surface area contributed by atoms with Gasteiger partial charge in [0.15, 0.2) is 0 Å². The van der Waals surface area contributed by atoms with E-state index in [0.29, 0.717) is 5.69 Å². The molecule has 0 aliphatic rings. The Bertz CT molecular complexity index is 366. The van der Waals surface area contributed by atoms with Crippen molar-refractivity contribution in [3.8, 4) is 0 Å². The van der Waals surface area contributed by atoms with Gasteiger partial charge in [-0.25, -0.2) is 0 Å². The molecule has 0 unspecified atom stereocenters. The quantitative estimate of drug-likeness (QED) is 0.898. The summed E-state index contributed by atoms with van der Waals surface area (Å²) in [6.07, 6.45) is 0. The molecule has 0 heterocycles. The minimum Gasteiger partial charge on any atom is -0.481 e. The third-order valence-electron chi connectivity index (χ3n) is 1.42. The van der Waals surface area contributed by atoms with Crippen molar-refractivity contribution in [3.05, 3.63) is 28.7 Å². The van der Waals surface area contributed by atoms with Crippen molar-refractivity contribution in [1.82, 2.24) is 0 Å². The van der Waals surface area contributed by atoms with Crippen LogP contribution in [0.15, 0.2) is 28.7 Å². The molecule has 0 atom stereocenters. The van der Waals surface area contributed by atoms with Crippen LogP contribution in [-0.2, 0) is 4.79 Å². The first-order valence-corrected chi connectivity index (χ1v) is 5.77. The van der Waals surface area contributed by atoms with E-state index < -0.39 is 5.97 Å². The number of carbonyl (C=O) groups is 2. The number of benzene rings is 1. The van der Waals surface area contributed by atoms with Gasteiger partial charge in [-0.15, -0.1) is 0 Å². The van der Waals surface area contributed by atoms with Gasteiger partial charge in [0, 0.05) is 10.2 Å². The molecule has 2 N–H and O–H groups in total. The predicted molar refractivity (Wildman–Crippen MR) is 63.3 cm³/mol. The van der Waals surface area contributed by atoms with Crippen molar-refractivity contribution in [2.24, 2.45) is 0 Å². The lowest BCUT2D eigenvalue weighted by atomic mass is 10.3. The molecule has 0 spiro atoms. The van der Waals surface area contributed by atoms with Crippen molar-refractivity contribution in [2.45, 2.75) is 0 Å². The Hall–Kier alpha value is -1.01. The van der Waals surface area contributed by atoms with Gasteiger partial charge in [0.2, 0.25) is 0 Å². The lowest BCUT2D eigenvalue weighted by Crippen LogP contribution is -2.08. The second kappa shape index (κ2) is 5.77. The number of anilines is 1. The minimum atomic E-state index is -1.01. The van der Waals surface area contributed by atoms with Crippen LogP contribution in [0.4, 0.5) is 10.5 Å². The van der Waals surface area contributed by atoms with Crippen molar-refractivity contribution in [1.29, 1.82) is 0 Å². The standard InChI is InChI=1S/C9H8BrNO3S/c10-6-1-3-7(4-2-6)11-9(14)15-5-8(12)13/h1-4H,5H2,(H,11,14)(H,12,13). The first kappa shape index (κ1) is 12.1. The second-order valence-corrected chi connectivity index (χ2v) is 4.47. The van der Waals surface area contributed by atoms with Crippen molar-refractivity contribution < 1.29 is 14.7 Å². The lowest BCUT2D eigenvalue weighted by molar-refractivity contribution is -0.133. The number of hydrogen-bond acceptors (Lipinski definition) is 3.